The van der Waals surface area contributed by atoms with Crippen molar-refractivity contribution in [1.82, 2.24) is 10.2 Å². The average molecular weight is 590 g/mol. The lowest BCUT2D eigenvalue weighted by molar-refractivity contribution is -0.140. The summed E-state index contributed by atoms with van der Waals surface area (Å²) in [4.78, 5) is 28.4. The van der Waals surface area contributed by atoms with Crippen molar-refractivity contribution in [2.24, 2.45) is 0 Å². The van der Waals surface area contributed by atoms with E-state index < -0.39 is 34.3 Å². The van der Waals surface area contributed by atoms with Crippen LogP contribution >= 0.6 is 11.6 Å². The van der Waals surface area contributed by atoms with Crippen molar-refractivity contribution in [3.63, 3.8) is 0 Å². The van der Waals surface area contributed by atoms with Gasteiger partial charge < -0.3 is 15.0 Å². The minimum atomic E-state index is -4.28. The predicted molar refractivity (Wildman–Crippen MR) is 153 cm³/mol. The quantitative estimate of drug-likeness (QED) is 0.302. The van der Waals surface area contributed by atoms with Gasteiger partial charge in [-0.05, 0) is 60.9 Å². The largest absolute Gasteiger partial charge is 0.497 e. The van der Waals surface area contributed by atoms with Gasteiger partial charge in [0.15, 0.2) is 0 Å². The highest BCUT2D eigenvalue weighted by atomic mass is 35.5. The molecule has 2 amide bonds. The summed E-state index contributed by atoms with van der Waals surface area (Å²) in [6.45, 7) is 3.50. The van der Waals surface area contributed by atoms with Crippen molar-refractivity contribution in [3.8, 4) is 5.75 Å². The maximum absolute atomic E-state index is 14.0. The normalized spacial score (nSPS) is 11.9. The van der Waals surface area contributed by atoms with Crippen LogP contribution in [0.3, 0.4) is 0 Å². The molecule has 0 aromatic heterocycles. The van der Waals surface area contributed by atoms with E-state index in [1.54, 1.807) is 49.4 Å². The first-order valence-corrected chi connectivity index (χ1v) is 14.7. The molecule has 1 N–H and O–H groups in total. The smallest absolute Gasteiger partial charge is 0.264 e. The molecule has 0 aliphatic heterocycles. The highest BCUT2D eigenvalue weighted by molar-refractivity contribution is 7.92. The molecule has 11 heteroatoms. The maximum atomic E-state index is 14.0. The minimum Gasteiger partial charge on any atom is -0.497 e. The Balaban J connectivity index is 2.07. The molecule has 214 valence electrons. The second-order valence-corrected chi connectivity index (χ2v) is 11.3. The fourth-order valence-electron chi connectivity index (χ4n) is 4.14. The van der Waals surface area contributed by atoms with E-state index in [9.17, 15) is 22.4 Å². The van der Waals surface area contributed by atoms with E-state index >= 15 is 0 Å². The van der Waals surface area contributed by atoms with E-state index in [4.69, 9.17) is 16.3 Å². The van der Waals surface area contributed by atoms with Crippen LogP contribution < -0.4 is 14.4 Å². The Labute approximate surface area is 239 Å². The van der Waals surface area contributed by atoms with Crippen LogP contribution in [0, 0.1) is 5.82 Å². The van der Waals surface area contributed by atoms with Crippen molar-refractivity contribution >= 4 is 39.1 Å². The van der Waals surface area contributed by atoms with Crippen LogP contribution in [0.1, 0.15) is 32.3 Å². The third-order valence-corrected chi connectivity index (χ3v) is 8.30. The first kappa shape index (κ1) is 30.9. The summed E-state index contributed by atoms with van der Waals surface area (Å²) in [5.74, 6) is -1.13. The number of methoxy groups -OCH3 is 1. The number of halogens is 2. The summed E-state index contributed by atoms with van der Waals surface area (Å²) in [6.07, 6.45) is 0.999. The van der Waals surface area contributed by atoms with Gasteiger partial charge in [-0.1, -0.05) is 55.8 Å². The standard InChI is InChI=1S/C29H33ClFN3O5S/c1-4-16-32-29(36)27(5-2)33(19-21-10-9-11-23(17-21)39-3)28(35)20-34(22-14-15-26(31)25(30)18-22)40(37,38)24-12-7-6-8-13-24/h6-15,17-18,27H,4-5,16,19-20H2,1-3H3,(H,32,36)/t27-/m1/s1. The predicted octanol–water partition coefficient (Wildman–Crippen LogP) is 5.02. The number of anilines is 1. The Morgan fingerprint density at radius 3 is 2.38 bits per heavy atom. The van der Waals surface area contributed by atoms with Crippen LogP contribution in [-0.4, -0.2) is 51.4 Å². The summed E-state index contributed by atoms with van der Waals surface area (Å²) in [5.41, 5.74) is 0.699. The van der Waals surface area contributed by atoms with E-state index in [1.807, 2.05) is 6.92 Å². The van der Waals surface area contributed by atoms with Crippen molar-refractivity contribution in [2.75, 3.05) is 24.5 Å². The monoisotopic (exact) mass is 589 g/mol. The number of sulfonamides is 1. The Morgan fingerprint density at radius 1 is 1.02 bits per heavy atom. The molecule has 0 radical (unpaired) electrons. The highest BCUT2D eigenvalue weighted by Crippen LogP contribution is 2.28. The number of amides is 2. The Hall–Kier alpha value is -3.63. The van der Waals surface area contributed by atoms with Gasteiger partial charge in [0.25, 0.3) is 10.0 Å². The van der Waals surface area contributed by atoms with Gasteiger partial charge >= 0.3 is 0 Å². The number of hydrogen-bond donors (Lipinski definition) is 1. The summed E-state index contributed by atoms with van der Waals surface area (Å²) in [6, 6.07) is 17.2. The van der Waals surface area contributed by atoms with E-state index in [0.717, 1.165) is 16.4 Å². The number of carbonyl (C=O) groups excluding carboxylic acids is 2. The SMILES string of the molecule is CCCNC(=O)[C@@H](CC)N(Cc1cccc(OC)c1)C(=O)CN(c1ccc(F)c(Cl)c1)S(=O)(=O)c1ccccc1. The molecule has 0 saturated carbocycles. The lowest BCUT2D eigenvalue weighted by atomic mass is 10.1. The van der Waals surface area contributed by atoms with Crippen LogP contribution in [0.5, 0.6) is 5.75 Å². The molecular weight excluding hydrogens is 557 g/mol. The van der Waals surface area contributed by atoms with Gasteiger partial charge in [-0.3, -0.25) is 13.9 Å². The molecule has 0 aliphatic rings. The van der Waals surface area contributed by atoms with Gasteiger partial charge in [0.1, 0.15) is 24.2 Å². The van der Waals surface area contributed by atoms with Crippen LogP contribution in [0.2, 0.25) is 5.02 Å². The number of rotatable bonds is 13. The Bertz CT molecular complexity index is 1420. The Morgan fingerprint density at radius 2 is 1.75 bits per heavy atom. The van der Waals surface area contributed by atoms with E-state index in [1.165, 1.54) is 30.2 Å². The van der Waals surface area contributed by atoms with Crippen LogP contribution in [0.4, 0.5) is 10.1 Å². The molecule has 0 aliphatic carbocycles. The number of carbonyl (C=O) groups is 2. The van der Waals surface area contributed by atoms with Crippen molar-refractivity contribution in [3.05, 3.63) is 89.2 Å². The molecule has 3 aromatic rings. The first-order chi connectivity index (χ1) is 19.1. The second-order valence-electron chi connectivity index (χ2n) is 9.01. The van der Waals surface area contributed by atoms with Crippen molar-refractivity contribution in [2.45, 2.75) is 44.2 Å². The second kappa shape index (κ2) is 14.1. The van der Waals surface area contributed by atoms with E-state index in [-0.39, 0.29) is 28.1 Å². The van der Waals surface area contributed by atoms with Gasteiger partial charge in [-0.2, -0.15) is 0 Å². The average Bonchev–Trinajstić information content (AvgIpc) is 2.96. The highest BCUT2D eigenvalue weighted by Gasteiger charge is 2.33. The van der Waals surface area contributed by atoms with Crippen LogP contribution in [-0.2, 0) is 26.2 Å². The molecule has 8 nitrogen and oxygen atoms in total. The number of nitrogens with zero attached hydrogens (tertiary/aromatic N) is 2. The van der Waals surface area contributed by atoms with Crippen molar-refractivity contribution in [1.29, 1.82) is 0 Å². The third-order valence-electron chi connectivity index (χ3n) is 6.22. The lowest BCUT2D eigenvalue weighted by Gasteiger charge is -2.33. The molecule has 0 heterocycles. The maximum Gasteiger partial charge on any atom is 0.264 e. The zero-order chi connectivity index (χ0) is 29.3. The molecule has 0 spiro atoms. The molecule has 40 heavy (non-hydrogen) atoms. The summed E-state index contributed by atoms with van der Waals surface area (Å²) < 4.78 is 47.7. The molecule has 0 unspecified atom stereocenters. The zero-order valence-corrected chi connectivity index (χ0v) is 24.2. The van der Waals surface area contributed by atoms with Gasteiger partial charge in [-0.15, -0.1) is 0 Å². The third kappa shape index (κ3) is 7.51. The van der Waals surface area contributed by atoms with Crippen molar-refractivity contribution < 1.29 is 27.1 Å². The molecule has 0 bridgehead atoms. The fourth-order valence-corrected chi connectivity index (χ4v) is 5.74. The van der Waals surface area contributed by atoms with E-state index in [2.05, 4.69) is 5.32 Å². The van der Waals surface area contributed by atoms with Crippen LogP contribution in [0.15, 0.2) is 77.7 Å². The van der Waals surface area contributed by atoms with Gasteiger partial charge in [-0.25, -0.2) is 12.8 Å². The number of ether oxygens (including phenoxy) is 1. The van der Waals surface area contributed by atoms with Crippen LogP contribution in [0.25, 0.3) is 0 Å². The van der Waals surface area contributed by atoms with Gasteiger partial charge in [0.05, 0.1) is 22.7 Å². The first-order valence-electron chi connectivity index (χ1n) is 12.8. The molecule has 0 fully saturated rings. The topological polar surface area (TPSA) is 96.0 Å². The minimum absolute atomic E-state index is 0.00779. The summed E-state index contributed by atoms with van der Waals surface area (Å²) >= 11 is 6.00. The van der Waals surface area contributed by atoms with Gasteiger partial charge in [0.2, 0.25) is 11.8 Å². The molecule has 0 saturated heterocycles. The number of benzene rings is 3. The van der Waals surface area contributed by atoms with Gasteiger partial charge in [0, 0.05) is 13.1 Å². The molecule has 3 aromatic carbocycles. The molecular formula is C29H33ClFN3O5S. The zero-order valence-electron chi connectivity index (χ0n) is 22.6. The summed E-state index contributed by atoms with van der Waals surface area (Å²) in [7, 11) is -2.76. The van der Waals surface area contributed by atoms with E-state index in [0.29, 0.717) is 30.7 Å². The molecule has 3 rings (SSSR count). The summed E-state index contributed by atoms with van der Waals surface area (Å²) in [5, 5.41) is 2.54. The Kier molecular flexibility index (Phi) is 10.9. The fraction of sp³-hybridized carbons (Fsp3) is 0.310. The molecule has 1 atom stereocenters. The number of nitrogens with one attached hydrogen (secondary N) is 1. The number of hydrogen-bond acceptors (Lipinski definition) is 5. The lowest BCUT2D eigenvalue weighted by Crippen LogP contribution is -2.52.